The van der Waals surface area contributed by atoms with E-state index in [1.807, 2.05) is 16.9 Å². The zero-order valence-corrected chi connectivity index (χ0v) is 11.5. The van der Waals surface area contributed by atoms with E-state index < -0.39 is 17.5 Å². The molecule has 112 valence electrons. The minimum absolute atomic E-state index is 0.0654. The van der Waals surface area contributed by atoms with Crippen LogP contribution in [0.4, 0.5) is 18.9 Å². The van der Waals surface area contributed by atoms with Crippen molar-refractivity contribution in [1.29, 1.82) is 0 Å². The van der Waals surface area contributed by atoms with E-state index >= 15 is 0 Å². The molecule has 1 N–H and O–H groups in total. The Morgan fingerprint density at radius 2 is 1.86 bits per heavy atom. The number of hydrogen-bond acceptors (Lipinski definition) is 2. The molecular formula is C15H16F3N3. The second kappa shape index (κ2) is 5.79. The van der Waals surface area contributed by atoms with Crippen LogP contribution in [0.15, 0.2) is 24.4 Å². The second-order valence-corrected chi connectivity index (χ2v) is 5.30. The molecule has 0 bridgehead atoms. The molecule has 0 unspecified atom stereocenters. The topological polar surface area (TPSA) is 29.9 Å². The Morgan fingerprint density at radius 3 is 2.62 bits per heavy atom. The molecular weight excluding hydrogens is 279 g/mol. The molecule has 0 radical (unpaired) electrons. The van der Waals surface area contributed by atoms with Crippen LogP contribution in [0, 0.1) is 17.5 Å². The SMILES string of the molecule is Fc1ccc(NCc2ccn(C3CCCC3)n2)c(F)c1F. The maximum atomic E-state index is 13.5. The zero-order valence-electron chi connectivity index (χ0n) is 11.5. The van der Waals surface area contributed by atoms with Gasteiger partial charge in [-0.3, -0.25) is 4.68 Å². The highest BCUT2D eigenvalue weighted by Gasteiger charge is 2.18. The van der Waals surface area contributed by atoms with Gasteiger partial charge in [-0.05, 0) is 31.0 Å². The van der Waals surface area contributed by atoms with Gasteiger partial charge in [-0.2, -0.15) is 5.10 Å². The molecule has 3 nitrogen and oxygen atoms in total. The molecule has 21 heavy (non-hydrogen) atoms. The van der Waals surface area contributed by atoms with Crippen molar-refractivity contribution < 1.29 is 13.2 Å². The lowest BCUT2D eigenvalue weighted by molar-refractivity contribution is 0.448. The van der Waals surface area contributed by atoms with E-state index in [2.05, 4.69) is 10.4 Å². The molecule has 0 aliphatic heterocycles. The van der Waals surface area contributed by atoms with Crippen LogP contribution in [0.1, 0.15) is 37.4 Å². The van der Waals surface area contributed by atoms with Gasteiger partial charge in [0, 0.05) is 6.20 Å². The minimum Gasteiger partial charge on any atom is -0.377 e. The van der Waals surface area contributed by atoms with Gasteiger partial charge in [-0.15, -0.1) is 0 Å². The van der Waals surface area contributed by atoms with Crippen LogP contribution in [0.3, 0.4) is 0 Å². The Kier molecular flexibility index (Phi) is 3.86. The second-order valence-electron chi connectivity index (χ2n) is 5.30. The molecule has 1 aliphatic rings. The van der Waals surface area contributed by atoms with Crippen LogP contribution >= 0.6 is 0 Å². The van der Waals surface area contributed by atoms with Gasteiger partial charge in [0.15, 0.2) is 17.5 Å². The highest BCUT2D eigenvalue weighted by atomic mass is 19.2. The Labute approximate surface area is 120 Å². The summed E-state index contributed by atoms with van der Waals surface area (Å²) >= 11 is 0. The van der Waals surface area contributed by atoms with Gasteiger partial charge < -0.3 is 5.32 Å². The molecule has 1 heterocycles. The molecule has 0 amide bonds. The van der Waals surface area contributed by atoms with Crippen LogP contribution in [-0.2, 0) is 6.54 Å². The van der Waals surface area contributed by atoms with Crippen molar-refractivity contribution in [2.45, 2.75) is 38.3 Å². The standard InChI is InChI=1S/C15H16F3N3/c16-12-5-6-13(15(18)14(12)17)19-9-10-7-8-21(20-10)11-3-1-2-4-11/h5-8,11,19H,1-4,9H2. The van der Waals surface area contributed by atoms with Gasteiger partial charge in [0.1, 0.15) is 0 Å². The first-order valence-corrected chi connectivity index (χ1v) is 7.06. The molecule has 0 atom stereocenters. The summed E-state index contributed by atoms with van der Waals surface area (Å²) in [6, 6.07) is 4.38. The van der Waals surface area contributed by atoms with E-state index in [0.29, 0.717) is 6.04 Å². The van der Waals surface area contributed by atoms with Gasteiger partial charge in [0.05, 0.1) is 24.0 Å². The van der Waals surface area contributed by atoms with E-state index in [0.717, 1.165) is 24.6 Å². The lowest BCUT2D eigenvalue weighted by atomic mass is 10.2. The molecule has 0 spiro atoms. The van der Waals surface area contributed by atoms with E-state index in [9.17, 15) is 13.2 Å². The lowest BCUT2D eigenvalue weighted by Gasteiger charge is -2.09. The highest BCUT2D eigenvalue weighted by Crippen LogP contribution is 2.28. The fraction of sp³-hybridized carbons (Fsp3) is 0.400. The number of hydrogen-bond donors (Lipinski definition) is 1. The number of nitrogens with zero attached hydrogens (tertiary/aromatic N) is 2. The molecule has 0 saturated heterocycles. The summed E-state index contributed by atoms with van der Waals surface area (Å²) in [4.78, 5) is 0. The summed E-state index contributed by atoms with van der Waals surface area (Å²) in [6.07, 6.45) is 6.61. The van der Waals surface area contributed by atoms with Gasteiger partial charge >= 0.3 is 0 Å². The number of rotatable bonds is 4. The van der Waals surface area contributed by atoms with E-state index in [-0.39, 0.29) is 12.2 Å². The number of anilines is 1. The van der Waals surface area contributed by atoms with Crippen molar-refractivity contribution in [2.24, 2.45) is 0 Å². The summed E-state index contributed by atoms with van der Waals surface area (Å²) < 4.78 is 41.4. The fourth-order valence-corrected chi connectivity index (χ4v) is 2.69. The fourth-order valence-electron chi connectivity index (χ4n) is 2.69. The van der Waals surface area contributed by atoms with Crippen molar-refractivity contribution in [1.82, 2.24) is 9.78 Å². The first kappa shape index (κ1) is 14.0. The van der Waals surface area contributed by atoms with Gasteiger partial charge in [0.25, 0.3) is 0 Å². The summed E-state index contributed by atoms with van der Waals surface area (Å²) in [5.41, 5.74) is 0.676. The van der Waals surface area contributed by atoms with Crippen molar-refractivity contribution in [3.63, 3.8) is 0 Å². The number of halogens is 3. The van der Waals surface area contributed by atoms with Crippen LogP contribution < -0.4 is 5.32 Å². The maximum absolute atomic E-state index is 13.5. The molecule has 1 aliphatic carbocycles. The largest absolute Gasteiger partial charge is 0.377 e. The lowest BCUT2D eigenvalue weighted by Crippen LogP contribution is -2.08. The monoisotopic (exact) mass is 295 g/mol. The number of aromatic nitrogens is 2. The third-order valence-corrected chi connectivity index (χ3v) is 3.86. The summed E-state index contributed by atoms with van der Waals surface area (Å²) in [5, 5.41) is 7.18. The summed E-state index contributed by atoms with van der Waals surface area (Å²) in [5.74, 6) is -3.86. The zero-order chi connectivity index (χ0) is 14.8. The van der Waals surface area contributed by atoms with Crippen molar-refractivity contribution in [2.75, 3.05) is 5.32 Å². The Hall–Kier alpha value is -1.98. The predicted molar refractivity (Wildman–Crippen MR) is 73.4 cm³/mol. The normalized spacial score (nSPS) is 15.6. The van der Waals surface area contributed by atoms with E-state index in [1.165, 1.54) is 18.9 Å². The summed E-state index contributed by atoms with van der Waals surface area (Å²) in [7, 11) is 0. The molecule has 2 aromatic rings. The molecule has 1 aromatic carbocycles. The molecule has 1 aromatic heterocycles. The Bertz CT molecular complexity index is 633. The smallest absolute Gasteiger partial charge is 0.196 e. The van der Waals surface area contributed by atoms with Gasteiger partial charge in [0.2, 0.25) is 0 Å². The van der Waals surface area contributed by atoms with E-state index in [1.54, 1.807) is 0 Å². The Morgan fingerprint density at radius 1 is 1.10 bits per heavy atom. The number of benzene rings is 1. The number of nitrogens with one attached hydrogen (secondary N) is 1. The Balaban J connectivity index is 1.66. The molecule has 6 heteroatoms. The van der Waals surface area contributed by atoms with Crippen molar-refractivity contribution >= 4 is 5.69 Å². The van der Waals surface area contributed by atoms with Crippen LogP contribution in [0.2, 0.25) is 0 Å². The first-order chi connectivity index (χ1) is 10.1. The minimum atomic E-state index is -1.46. The van der Waals surface area contributed by atoms with Gasteiger partial charge in [-0.25, -0.2) is 13.2 Å². The molecule has 3 rings (SSSR count). The molecule has 1 fully saturated rings. The molecule has 1 saturated carbocycles. The third kappa shape index (κ3) is 2.89. The predicted octanol–water partition coefficient (Wildman–Crippen LogP) is 4.03. The van der Waals surface area contributed by atoms with Crippen LogP contribution in [0.5, 0.6) is 0 Å². The quantitative estimate of drug-likeness (QED) is 0.863. The average molecular weight is 295 g/mol. The maximum Gasteiger partial charge on any atom is 0.196 e. The average Bonchev–Trinajstić information content (AvgIpc) is 3.14. The van der Waals surface area contributed by atoms with Crippen molar-refractivity contribution in [3.05, 3.63) is 47.5 Å². The van der Waals surface area contributed by atoms with Gasteiger partial charge in [-0.1, -0.05) is 12.8 Å². The summed E-state index contributed by atoms with van der Waals surface area (Å²) in [6.45, 7) is 0.266. The van der Waals surface area contributed by atoms with E-state index in [4.69, 9.17) is 0 Å². The first-order valence-electron chi connectivity index (χ1n) is 7.06. The van der Waals surface area contributed by atoms with Crippen molar-refractivity contribution in [3.8, 4) is 0 Å². The third-order valence-electron chi connectivity index (χ3n) is 3.86. The highest BCUT2D eigenvalue weighted by molar-refractivity contribution is 5.45. The van der Waals surface area contributed by atoms with Crippen LogP contribution in [-0.4, -0.2) is 9.78 Å². The van der Waals surface area contributed by atoms with Crippen LogP contribution in [0.25, 0.3) is 0 Å².